The number of rotatable bonds is 4. The summed E-state index contributed by atoms with van der Waals surface area (Å²) in [5, 5.41) is 21.5. The molecule has 6 heteroatoms. The Morgan fingerprint density at radius 1 is 1.55 bits per heavy atom. The first-order valence-electron chi connectivity index (χ1n) is 6.74. The van der Waals surface area contributed by atoms with Gasteiger partial charge in [0, 0.05) is 6.20 Å². The predicted molar refractivity (Wildman–Crippen MR) is 72.2 cm³/mol. The van der Waals surface area contributed by atoms with Crippen LogP contribution >= 0.6 is 0 Å². The Bertz CT molecular complexity index is 499. The van der Waals surface area contributed by atoms with Gasteiger partial charge in [0.15, 0.2) is 11.6 Å². The van der Waals surface area contributed by atoms with E-state index in [0.29, 0.717) is 18.8 Å². The molecule has 1 aromatic rings. The van der Waals surface area contributed by atoms with Gasteiger partial charge >= 0.3 is 5.97 Å². The quantitative estimate of drug-likeness (QED) is 0.789. The molecule has 0 aliphatic heterocycles. The van der Waals surface area contributed by atoms with Gasteiger partial charge in [0.05, 0.1) is 12.1 Å². The molecule has 1 aromatic heterocycles. The fourth-order valence-corrected chi connectivity index (χ4v) is 2.58. The third-order valence-corrected chi connectivity index (χ3v) is 4.04. The number of nitrogens with zero attached hydrogens (tertiary/aromatic N) is 1. The second-order valence-corrected chi connectivity index (χ2v) is 5.57. The number of anilines is 1. The summed E-state index contributed by atoms with van der Waals surface area (Å²) in [6.07, 6.45) is 4.55. The average molecular weight is 282 g/mol. The molecule has 1 saturated carbocycles. The van der Waals surface area contributed by atoms with Gasteiger partial charge < -0.3 is 15.5 Å². The van der Waals surface area contributed by atoms with E-state index in [2.05, 4.69) is 17.2 Å². The van der Waals surface area contributed by atoms with Crippen LogP contribution in [0, 0.1) is 11.7 Å². The van der Waals surface area contributed by atoms with Crippen molar-refractivity contribution in [3.8, 4) is 0 Å². The van der Waals surface area contributed by atoms with E-state index >= 15 is 0 Å². The highest BCUT2D eigenvalue weighted by molar-refractivity contribution is 5.88. The molecule has 1 aliphatic carbocycles. The molecule has 110 valence electrons. The maximum Gasteiger partial charge on any atom is 0.338 e. The van der Waals surface area contributed by atoms with Crippen LogP contribution < -0.4 is 5.32 Å². The van der Waals surface area contributed by atoms with Crippen molar-refractivity contribution < 1.29 is 19.4 Å². The van der Waals surface area contributed by atoms with Crippen molar-refractivity contribution in [2.75, 3.05) is 11.9 Å². The van der Waals surface area contributed by atoms with Crippen LogP contribution in [0.1, 0.15) is 43.0 Å². The zero-order valence-corrected chi connectivity index (χ0v) is 11.4. The van der Waals surface area contributed by atoms with Crippen molar-refractivity contribution in [3.05, 3.63) is 23.6 Å². The van der Waals surface area contributed by atoms with E-state index in [1.807, 2.05) is 0 Å². The minimum Gasteiger partial charge on any atom is -0.478 e. The highest BCUT2D eigenvalue weighted by Gasteiger charge is 2.35. The minimum atomic E-state index is -1.33. The van der Waals surface area contributed by atoms with Crippen LogP contribution in [0.25, 0.3) is 0 Å². The van der Waals surface area contributed by atoms with Crippen LogP contribution in [0.3, 0.4) is 0 Å². The molecule has 20 heavy (non-hydrogen) atoms. The number of carboxylic acids is 1. The van der Waals surface area contributed by atoms with Gasteiger partial charge in [0.2, 0.25) is 0 Å². The second-order valence-electron chi connectivity index (χ2n) is 5.57. The lowest BCUT2D eigenvalue weighted by atomic mass is 9.77. The molecule has 0 bridgehead atoms. The molecule has 0 aromatic carbocycles. The largest absolute Gasteiger partial charge is 0.478 e. The number of aliphatic hydroxyl groups is 1. The summed E-state index contributed by atoms with van der Waals surface area (Å²) in [5.41, 5.74) is -1.03. The Balaban J connectivity index is 2.24. The van der Waals surface area contributed by atoms with E-state index in [0.717, 1.165) is 18.9 Å². The maximum atomic E-state index is 14.1. The fraction of sp³-hybridized carbons (Fsp3) is 0.571. The van der Waals surface area contributed by atoms with Crippen molar-refractivity contribution in [3.63, 3.8) is 0 Å². The number of halogens is 1. The fourth-order valence-electron chi connectivity index (χ4n) is 2.58. The molecule has 0 saturated heterocycles. The van der Waals surface area contributed by atoms with Crippen LogP contribution in [0.2, 0.25) is 0 Å². The Morgan fingerprint density at radius 2 is 2.20 bits per heavy atom. The lowest BCUT2D eigenvalue weighted by Gasteiger charge is -2.39. The summed E-state index contributed by atoms with van der Waals surface area (Å²) < 4.78 is 14.1. The summed E-state index contributed by atoms with van der Waals surface area (Å²) in [6.45, 7) is 2.02. The zero-order valence-electron chi connectivity index (χ0n) is 11.4. The Morgan fingerprint density at radius 3 is 2.75 bits per heavy atom. The number of aliphatic hydroxyl groups excluding tert-OH is 1. The summed E-state index contributed by atoms with van der Waals surface area (Å²) in [6, 6.07) is 1.12. The maximum absolute atomic E-state index is 14.1. The van der Waals surface area contributed by atoms with Gasteiger partial charge in [-0.25, -0.2) is 14.2 Å². The van der Waals surface area contributed by atoms with Gasteiger partial charge in [-0.05, 0) is 37.7 Å². The topological polar surface area (TPSA) is 82.5 Å². The summed E-state index contributed by atoms with van der Waals surface area (Å²) in [4.78, 5) is 14.8. The van der Waals surface area contributed by atoms with Gasteiger partial charge in [0.25, 0.3) is 0 Å². The highest BCUT2D eigenvalue weighted by Crippen LogP contribution is 2.34. The molecule has 0 unspecified atom stereocenters. The number of carboxylic acid groups (broad SMARTS) is 1. The first-order valence-corrected chi connectivity index (χ1v) is 6.74. The normalized spacial score (nSPS) is 26.2. The zero-order chi connectivity index (χ0) is 14.8. The van der Waals surface area contributed by atoms with Gasteiger partial charge in [-0.3, -0.25) is 0 Å². The van der Waals surface area contributed by atoms with Crippen molar-refractivity contribution in [1.82, 2.24) is 4.98 Å². The van der Waals surface area contributed by atoms with Crippen LogP contribution in [0.5, 0.6) is 0 Å². The van der Waals surface area contributed by atoms with E-state index in [9.17, 15) is 14.3 Å². The van der Waals surface area contributed by atoms with Crippen molar-refractivity contribution in [1.29, 1.82) is 0 Å². The predicted octanol–water partition coefficient (Wildman–Crippen LogP) is 2.27. The van der Waals surface area contributed by atoms with Crippen molar-refractivity contribution in [2.24, 2.45) is 5.92 Å². The molecule has 3 N–H and O–H groups in total. The lowest BCUT2D eigenvalue weighted by Crippen LogP contribution is -2.45. The first kappa shape index (κ1) is 14.7. The molecule has 0 spiro atoms. The van der Waals surface area contributed by atoms with Gasteiger partial charge in [0.1, 0.15) is 5.56 Å². The number of hydrogen-bond donors (Lipinski definition) is 3. The number of hydrogen-bond acceptors (Lipinski definition) is 4. The molecular weight excluding hydrogens is 263 g/mol. The standard InChI is InChI=1S/C14H19FN2O3/c1-9-2-5-14(8-18,6-3-9)17-12-11(15)10(13(19)20)4-7-16-12/h4,7,9,18H,2-3,5-6,8H2,1H3,(H,16,17)(H,19,20). The number of aromatic carboxylic acids is 1. The van der Waals surface area contributed by atoms with Crippen LogP contribution in [-0.2, 0) is 0 Å². The molecule has 1 heterocycles. The molecule has 0 amide bonds. The number of pyridine rings is 1. The Labute approximate surface area is 116 Å². The van der Waals surface area contributed by atoms with E-state index in [1.165, 1.54) is 6.20 Å². The average Bonchev–Trinajstić information content (AvgIpc) is 2.43. The van der Waals surface area contributed by atoms with Gasteiger partial charge in [-0.2, -0.15) is 0 Å². The molecule has 1 fully saturated rings. The Kier molecular flexibility index (Phi) is 4.23. The molecule has 5 nitrogen and oxygen atoms in total. The molecule has 1 aliphatic rings. The van der Waals surface area contributed by atoms with Crippen molar-refractivity contribution >= 4 is 11.8 Å². The SMILES string of the molecule is CC1CCC(CO)(Nc2nccc(C(=O)O)c2F)CC1. The van der Waals surface area contributed by atoms with Gasteiger partial charge in [-0.1, -0.05) is 6.92 Å². The van der Waals surface area contributed by atoms with Crippen LogP contribution in [0.4, 0.5) is 10.2 Å². The third kappa shape index (κ3) is 2.90. The van der Waals surface area contributed by atoms with E-state index < -0.39 is 22.9 Å². The van der Waals surface area contributed by atoms with E-state index in [1.54, 1.807) is 0 Å². The van der Waals surface area contributed by atoms with Crippen LogP contribution in [0.15, 0.2) is 12.3 Å². The van der Waals surface area contributed by atoms with Gasteiger partial charge in [-0.15, -0.1) is 0 Å². The van der Waals surface area contributed by atoms with E-state index in [-0.39, 0.29) is 12.4 Å². The van der Waals surface area contributed by atoms with E-state index in [4.69, 9.17) is 5.11 Å². The monoisotopic (exact) mass is 282 g/mol. The van der Waals surface area contributed by atoms with Crippen LogP contribution in [-0.4, -0.2) is 33.3 Å². The van der Waals surface area contributed by atoms with Crippen molar-refractivity contribution in [2.45, 2.75) is 38.1 Å². The molecular formula is C14H19FN2O3. The summed E-state index contributed by atoms with van der Waals surface area (Å²) in [7, 11) is 0. The number of aromatic nitrogens is 1. The molecule has 0 atom stereocenters. The summed E-state index contributed by atoms with van der Waals surface area (Å²) >= 11 is 0. The smallest absolute Gasteiger partial charge is 0.338 e. The lowest BCUT2D eigenvalue weighted by molar-refractivity contribution is 0.0691. The minimum absolute atomic E-state index is 0.103. The third-order valence-electron chi connectivity index (χ3n) is 4.04. The second kappa shape index (κ2) is 5.75. The highest BCUT2D eigenvalue weighted by atomic mass is 19.1. The Hall–Kier alpha value is -1.69. The molecule has 2 rings (SSSR count). The molecule has 0 radical (unpaired) electrons. The summed E-state index contributed by atoms with van der Waals surface area (Å²) in [5.74, 6) is -1.73. The number of carbonyl (C=O) groups is 1. The first-order chi connectivity index (χ1) is 9.47. The number of nitrogens with one attached hydrogen (secondary N) is 1.